The van der Waals surface area contributed by atoms with Crippen molar-refractivity contribution in [2.75, 3.05) is 0 Å². The summed E-state index contributed by atoms with van der Waals surface area (Å²) in [5.74, 6) is 0.0752. The van der Waals surface area contributed by atoms with Crippen molar-refractivity contribution in [1.29, 1.82) is 0 Å². The molecule has 0 aliphatic carbocycles. The number of hydrogen-bond donors (Lipinski definition) is 1. The number of Topliss-reactive ketones (excluding diaryl/α,β-unsaturated/α-hetero) is 1. The molecule has 0 atom stereocenters. The van der Waals surface area contributed by atoms with Gasteiger partial charge in [0.1, 0.15) is 0 Å². The van der Waals surface area contributed by atoms with Crippen molar-refractivity contribution in [3.63, 3.8) is 0 Å². The highest BCUT2D eigenvalue weighted by atomic mass is 127. The Labute approximate surface area is 89.5 Å². The number of fused-ring (bicyclic) bond motifs is 1. The smallest absolute Gasteiger partial charge is 0.175 e. The molecule has 0 aliphatic rings. The number of H-pyrrole nitrogens is 1. The number of carbonyl (C=O) groups is 1. The Morgan fingerprint density at radius 2 is 2.15 bits per heavy atom. The number of aromatic amines is 1. The molecule has 2 aromatic rings. The topological polar surface area (TPSA) is 32.9 Å². The van der Waals surface area contributed by atoms with Crippen LogP contribution < -0.4 is 0 Å². The van der Waals surface area contributed by atoms with E-state index in [9.17, 15) is 4.79 Å². The fourth-order valence-electron chi connectivity index (χ4n) is 1.29. The van der Waals surface area contributed by atoms with Gasteiger partial charge >= 0.3 is 0 Å². The standard InChI is InChI=1S/C10H8INO/c1-6(13)10-5-7-4-8(11)2-3-9(7)12-10/h2-5,12H,1H3. The van der Waals surface area contributed by atoms with E-state index in [1.54, 1.807) is 6.92 Å². The highest BCUT2D eigenvalue weighted by molar-refractivity contribution is 14.1. The van der Waals surface area contributed by atoms with Crippen molar-refractivity contribution in [1.82, 2.24) is 4.98 Å². The van der Waals surface area contributed by atoms with Crippen LogP contribution in [0, 0.1) is 3.57 Å². The third-order valence-electron chi connectivity index (χ3n) is 1.96. The van der Waals surface area contributed by atoms with Gasteiger partial charge in [-0.05, 0) is 46.9 Å². The second kappa shape index (κ2) is 3.14. The predicted octanol–water partition coefficient (Wildman–Crippen LogP) is 2.98. The molecule has 2 nitrogen and oxygen atoms in total. The van der Waals surface area contributed by atoms with E-state index in [-0.39, 0.29) is 5.78 Å². The molecule has 0 saturated heterocycles. The quantitative estimate of drug-likeness (QED) is 0.634. The number of aromatic nitrogens is 1. The molecule has 1 N–H and O–H groups in total. The Kier molecular flexibility index (Phi) is 2.11. The van der Waals surface area contributed by atoms with Crippen molar-refractivity contribution < 1.29 is 4.79 Å². The number of halogens is 1. The Balaban J connectivity index is 2.68. The highest BCUT2D eigenvalue weighted by Gasteiger charge is 2.03. The third kappa shape index (κ3) is 1.60. The van der Waals surface area contributed by atoms with Crippen LogP contribution in [-0.4, -0.2) is 10.8 Å². The summed E-state index contributed by atoms with van der Waals surface area (Å²) in [6.07, 6.45) is 0. The van der Waals surface area contributed by atoms with E-state index < -0.39 is 0 Å². The first kappa shape index (κ1) is 8.74. The molecular weight excluding hydrogens is 277 g/mol. The number of hydrogen-bond acceptors (Lipinski definition) is 1. The summed E-state index contributed by atoms with van der Waals surface area (Å²) in [6.45, 7) is 1.57. The van der Waals surface area contributed by atoms with Gasteiger partial charge in [0.25, 0.3) is 0 Å². The second-order valence-corrected chi connectivity index (χ2v) is 4.22. The maximum Gasteiger partial charge on any atom is 0.175 e. The molecule has 66 valence electrons. The molecule has 0 amide bonds. The van der Waals surface area contributed by atoms with Gasteiger partial charge in [-0.3, -0.25) is 4.79 Å². The fourth-order valence-corrected chi connectivity index (χ4v) is 1.81. The minimum absolute atomic E-state index is 0.0752. The van der Waals surface area contributed by atoms with Crippen molar-refractivity contribution in [3.05, 3.63) is 33.5 Å². The van der Waals surface area contributed by atoms with Crippen molar-refractivity contribution in [3.8, 4) is 0 Å². The van der Waals surface area contributed by atoms with Crippen LogP contribution in [-0.2, 0) is 0 Å². The third-order valence-corrected chi connectivity index (χ3v) is 2.63. The van der Waals surface area contributed by atoms with Crippen LogP contribution in [0.4, 0.5) is 0 Å². The summed E-state index contributed by atoms with van der Waals surface area (Å²) < 4.78 is 1.18. The summed E-state index contributed by atoms with van der Waals surface area (Å²) in [7, 11) is 0. The van der Waals surface area contributed by atoms with Crippen molar-refractivity contribution in [2.45, 2.75) is 6.92 Å². The van der Waals surface area contributed by atoms with Gasteiger partial charge in [0.15, 0.2) is 5.78 Å². The average molecular weight is 285 g/mol. The summed E-state index contributed by atoms with van der Waals surface area (Å²) in [5.41, 5.74) is 1.70. The molecule has 0 fully saturated rings. The van der Waals surface area contributed by atoms with Crippen LogP contribution in [0.5, 0.6) is 0 Å². The zero-order valence-corrected chi connectivity index (χ0v) is 9.25. The van der Waals surface area contributed by atoms with Crippen LogP contribution in [0.2, 0.25) is 0 Å². The molecule has 3 heteroatoms. The molecule has 0 bridgehead atoms. The summed E-state index contributed by atoms with van der Waals surface area (Å²) >= 11 is 2.26. The summed E-state index contributed by atoms with van der Waals surface area (Å²) in [4.78, 5) is 14.1. The normalized spacial score (nSPS) is 10.6. The number of ketones is 1. The van der Waals surface area contributed by atoms with Crippen LogP contribution in [0.3, 0.4) is 0 Å². The Morgan fingerprint density at radius 1 is 1.38 bits per heavy atom. The van der Waals surface area contributed by atoms with Gasteiger partial charge in [0, 0.05) is 21.4 Å². The lowest BCUT2D eigenvalue weighted by molar-refractivity contribution is 0.101. The molecule has 2 rings (SSSR count). The maximum atomic E-state index is 11.1. The maximum absolute atomic E-state index is 11.1. The van der Waals surface area contributed by atoms with E-state index in [0.29, 0.717) is 5.69 Å². The van der Waals surface area contributed by atoms with Gasteiger partial charge < -0.3 is 4.98 Å². The Bertz CT molecular complexity index is 473. The number of nitrogens with one attached hydrogen (secondary N) is 1. The van der Waals surface area contributed by atoms with E-state index in [1.165, 1.54) is 3.57 Å². The zero-order chi connectivity index (χ0) is 9.42. The molecular formula is C10H8INO. The van der Waals surface area contributed by atoms with Gasteiger partial charge in [-0.2, -0.15) is 0 Å². The molecule has 0 aliphatic heterocycles. The van der Waals surface area contributed by atoms with E-state index in [2.05, 4.69) is 33.6 Å². The minimum atomic E-state index is 0.0752. The highest BCUT2D eigenvalue weighted by Crippen LogP contribution is 2.18. The number of carbonyl (C=O) groups excluding carboxylic acids is 1. The first-order valence-electron chi connectivity index (χ1n) is 3.96. The van der Waals surface area contributed by atoms with Crippen LogP contribution in [0.1, 0.15) is 17.4 Å². The zero-order valence-electron chi connectivity index (χ0n) is 7.10. The molecule has 1 aromatic carbocycles. The fraction of sp³-hybridized carbons (Fsp3) is 0.100. The van der Waals surface area contributed by atoms with E-state index in [0.717, 1.165) is 10.9 Å². The Hall–Kier alpha value is -0.840. The van der Waals surface area contributed by atoms with E-state index in [1.807, 2.05) is 18.2 Å². The van der Waals surface area contributed by atoms with Crippen LogP contribution in [0.25, 0.3) is 10.9 Å². The van der Waals surface area contributed by atoms with Crippen molar-refractivity contribution >= 4 is 39.3 Å². The molecule has 0 saturated carbocycles. The van der Waals surface area contributed by atoms with Gasteiger partial charge in [-0.15, -0.1) is 0 Å². The molecule has 0 spiro atoms. The van der Waals surface area contributed by atoms with Gasteiger partial charge in [0.2, 0.25) is 0 Å². The lowest BCUT2D eigenvalue weighted by Crippen LogP contribution is -1.89. The van der Waals surface area contributed by atoms with Gasteiger partial charge in [0.05, 0.1) is 5.69 Å². The van der Waals surface area contributed by atoms with E-state index >= 15 is 0 Å². The monoisotopic (exact) mass is 285 g/mol. The average Bonchev–Trinajstić information content (AvgIpc) is 2.46. The van der Waals surface area contributed by atoms with Gasteiger partial charge in [-0.25, -0.2) is 0 Å². The molecule has 13 heavy (non-hydrogen) atoms. The lowest BCUT2D eigenvalue weighted by Gasteiger charge is -1.89. The predicted molar refractivity (Wildman–Crippen MR) is 61.0 cm³/mol. The molecule has 1 aromatic heterocycles. The number of benzene rings is 1. The first-order valence-corrected chi connectivity index (χ1v) is 5.04. The lowest BCUT2D eigenvalue weighted by atomic mass is 10.2. The van der Waals surface area contributed by atoms with Crippen molar-refractivity contribution in [2.24, 2.45) is 0 Å². The van der Waals surface area contributed by atoms with E-state index in [4.69, 9.17) is 0 Å². The summed E-state index contributed by atoms with van der Waals surface area (Å²) in [5, 5.41) is 1.09. The van der Waals surface area contributed by atoms with Crippen LogP contribution in [0.15, 0.2) is 24.3 Å². The van der Waals surface area contributed by atoms with Gasteiger partial charge in [-0.1, -0.05) is 0 Å². The first-order chi connectivity index (χ1) is 6.16. The minimum Gasteiger partial charge on any atom is -0.352 e. The number of rotatable bonds is 1. The largest absolute Gasteiger partial charge is 0.352 e. The SMILES string of the molecule is CC(=O)c1cc2cc(I)ccc2[nH]1. The van der Waals surface area contributed by atoms with Crippen LogP contribution >= 0.6 is 22.6 Å². The molecule has 0 unspecified atom stereocenters. The summed E-state index contributed by atoms with van der Waals surface area (Å²) in [6, 6.07) is 7.95. The molecule has 0 radical (unpaired) electrons. The molecule has 1 heterocycles. The Morgan fingerprint density at radius 3 is 2.85 bits per heavy atom. The second-order valence-electron chi connectivity index (χ2n) is 2.97.